The lowest BCUT2D eigenvalue weighted by atomic mass is 9.94. The van der Waals surface area contributed by atoms with Crippen molar-refractivity contribution >= 4 is 42.4 Å². The first kappa shape index (κ1) is 23.7. The van der Waals surface area contributed by atoms with Crippen LogP contribution in [-0.2, 0) is 10.0 Å². The Balaban J connectivity index is 1.66. The maximum atomic E-state index is 13.6. The fraction of sp³-hybridized carbons (Fsp3) is 0. The quantitative estimate of drug-likeness (QED) is 0.189. The van der Waals surface area contributed by atoms with Gasteiger partial charge in [-0.25, -0.2) is 8.42 Å². The number of benzene rings is 5. The van der Waals surface area contributed by atoms with E-state index in [2.05, 4.69) is 27.9 Å². The number of halogens is 1. The Labute approximate surface area is 218 Å². The molecule has 36 heavy (non-hydrogen) atoms. The van der Waals surface area contributed by atoms with E-state index in [0.717, 1.165) is 30.7 Å². The molecule has 4 nitrogen and oxygen atoms in total. The summed E-state index contributed by atoms with van der Waals surface area (Å²) >= 11 is 3.36. The Hall–Kier alpha value is -4.05. The molecule has 6 heteroatoms. The molecule has 176 valence electrons. The molecule has 0 heterocycles. The van der Waals surface area contributed by atoms with Crippen LogP contribution in [-0.4, -0.2) is 13.5 Å². The second-order valence-corrected chi connectivity index (χ2v) is 10.7. The van der Waals surface area contributed by atoms with E-state index in [-0.39, 0.29) is 10.6 Å². The van der Waals surface area contributed by atoms with Gasteiger partial charge in [-0.1, -0.05) is 82.7 Å². The highest BCUT2D eigenvalue weighted by Gasteiger charge is 2.24. The lowest BCUT2D eigenvalue weighted by Crippen LogP contribution is -2.26. The van der Waals surface area contributed by atoms with E-state index in [1.165, 1.54) is 0 Å². The van der Waals surface area contributed by atoms with E-state index in [1.54, 1.807) is 54.6 Å². The standard InChI is InChI=1S/C30H20BrNO3S/c31-23-14-16-25(17-15-23)36(34,35)32(24-9-2-1-3-10-24)21-20-22-8-4-5-11-26(22)28-18-19-30(33)29-13-7-6-12-27(28)29/h1-19,33H. The van der Waals surface area contributed by atoms with Crippen molar-refractivity contribution in [3.8, 4) is 28.8 Å². The minimum Gasteiger partial charge on any atom is -0.507 e. The van der Waals surface area contributed by atoms with Gasteiger partial charge in [0.05, 0.1) is 10.6 Å². The number of sulfonamides is 1. The molecule has 5 aromatic rings. The minimum absolute atomic E-state index is 0.140. The molecule has 0 aliphatic carbocycles. The van der Waals surface area contributed by atoms with Gasteiger partial charge in [-0.05, 0) is 71.0 Å². The Kier molecular flexibility index (Phi) is 6.51. The average Bonchev–Trinajstić information content (AvgIpc) is 2.90. The summed E-state index contributed by atoms with van der Waals surface area (Å²) in [6.45, 7) is 0. The molecular formula is C30H20BrNO3S. The number of para-hydroxylation sites is 1. The van der Waals surface area contributed by atoms with Crippen LogP contribution < -0.4 is 4.31 Å². The molecule has 0 atom stereocenters. The minimum atomic E-state index is -3.95. The molecule has 0 fully saturated rings. The molecule has 0 saturated heterocycles. The highest BCUT2D eigenvalue weighted by Crippen LogP contribution is 2.35. The van der Waals surface area contributed by atoms with E-state index < -0.39 is 10.0 Å². The number of phenols is 1. The molecular weight excluding hydrogens is 534 g/mol. The van der Waals surface area contributed by atoms with Gasteiger partial charge in [0.15, 0.2) is 0 Å². The molecule has 1 N–H and O–H groups in total. The van der Waals surface area contributed by atoms with Gasteiger partial charge in [0.25, 0.3) is 10.0 Å². The van der Waals surface area contributed by atoms with Crippen molar-refractivity contribution < 1.29 is 13.5 Å². The summed E-state index contributed by atoms with van der Waals surface area (Å²) in [5.74, 6) is 3.30. The van der Waals surface area contributed by atoms with Crippen LogP contribution in [0.1, 0.15) is 5.56 Å². The average molecular weight is 554 g/mol. The summed E-state index contributed by atoms with van der Waals surface area (Å²) < 4.78 is 29.1. The van der Waals surface area contributed by atoms with Gasteiger partial charge in [0.1, 0.15) is 5.75 Å². The molecule has 5 aromatic carbocycles. The molecule has 0 spiro atoms. The summed E-state index contributed by atoms with van der Waals surface area (Å²) in [7, 11) is -3.95. The first-order valence-electron chi connectivity index (χ1n) is 11.1. The first-order valence-corrected chi connectivity index (χ1v) is 13.4. The number of phenolic OH excluding ortho intramolecular Hbond substituents is 1. The van der Waals surface area contributed by atoms with Crippen LogP contribution in [0.5, 0.6) is 5.75 Å². The summed E-state index contributed by atoms with van der Waals surface area (Å²) in [6, 6.07) is 36.9. The van der Waals surface area contributed by atoms with Crippen LogP contribution in [0.25, 0.3) is 21.9 Å². The van der Waals surface area contributed by atoms with Crippen LogP contribution in [0, 0.1) is 12.0 Å². The number of fused-ring (bicyclic) bond motifs is 1. The Morgan fingerprint density at radius 3 is 2.06 bits per heavy atom. The number of nitrogens with zero attached hydrogens (tertiary/aromatic N) is 1. The highest BCUT2D eigenvalue weighted by molar-refractivity contribution is 9.10. The second kappa shape index (κ2) is 9.90. The van der Waals surface area contributed by atoms with Crippen molar-refractivity contribution in [1.82, 2.24) is 0 Å². The third-order valence-electron chi connectivity index (χ3n) is 5.75. The van der Waals surface area contributed by atoms with Crippen molar-refractivity contribution in [3.05, 3.63) is 125 Å². The molecule has 0 aliphatic rings. The SMILES string of the molecule is O=S(=O)(c1ccc(Br)cc1)N(C#Cc1ccccc1-c1ccc(O)c2ccccc12)c1ccccc1. The van der Waals surface area contributed by atoms with Gasteiger partial charge < -0.3 is 5.11 Å². The largest absolute Gasteiger partial charge is 0.507 e. The van der Waals surface area contributed by atoms with E-state index in [9.17, 15) is 13.5 Å². The number of hydrogen-bond donors (Lipinski definition) is 1. The monoisotopic (exact) mass is 553 g/mol. The fourth-order valence-electron chi connectivity index (χ4n) is 3.99. The first-order chi connectivity index (χ1) is 17.4. The van der Waals surface area contributed by atoms with E-state index in [1.807, 2.05) is 60.7 Å². The van der Waals surface area contributed by atoms with Crippen molar-refractivity contribution in [1.29, 1.82) is 0 Å². The predicted octanol–water partition coefficient (Wildman–Crippen LogP) is 7.18. The maximum absolute atomic E-state index is 13.6. The third kappa shape index (κ3) is 4.59. The van der Waals surface area contributed by atoms with Crippen LogP contribution >= 0.6 is 15.9 Å². The van der Waals surface area contributed by atoms with Crippen LogP contribution in [0.15, 0.2) is 125 Å². The molecule has 0 radical (unpaired) electrons. The molecule has 0 amide bonds. The summed E-state index contributed by atoms with van der Waals surface area (Å²) in [5, 5.41) is 11.9. The van der Waals surface area contributed by atoms with Crippen molar-refractivity contribution in [2.45, 2.75) is 4.90 Å². The molecule has 0 saturated carbocycles. The van der Waals surface area contributed by atoms with Gasteiger partial charge in [0, 0.05) is 21.5 Å². The zero-order valence-corrected chi connectivity index (χ0v) is 21.4. The number of aromatic hydroxyl groups is 1. The lowest BCUT2D eigenvalue weighted by molar-refractivity contribution is 0.481. The topological polar surface area (TPSA) is 57.6 Å². The second-order valence-electron chi connectivity index (χ2n) is 8.02. The van der Waals surface area contributed by atoms with Crippen LogP contribution in [0.2, 0.25) is 0 Å². The zero-order chi connectivity index (χ0) is 25.1. The summed E-state index contributed by atoms with van der Waals surface area (Å²) in [5.41, 5.74) is 2.85. The molecule has 0 aliphatic heterocycles. The van der Waals surface area contributed by atoms with Crippen molar-refractivity contribution in [2.24, 2.45) is 0 Å². The summed E-state index contributed by atoms with van der Waals surface area (Å²) in [4.78, 5) is 0.140. The Morgan fingerprint density at radius 2 is 1.31 bits per heavy atom. The predicted molar refractivity (Wildman–Crippen MR) is 148 cm³/mol. The molecule has 5 rings (SSSR count). The zero-order valence-electron chi connectivity index (χ0n) is 19.0. The van der Waals surface area contributed by atoms with E-state index in [0.29, 0.717) is 11.3 Å². The molecule has 0 aromatic heterocycles. The van der Waals surface area contributed by atoms with Gasteiger partial charge >= 0.3 is 0 Å². The lowest BCUT2D eigenvalue weighted by Gasteiger charge is -2.18. The van der Waals surface area contributed by atoms with Crippen LogP contribution in [0.4, 0.5) is 5.69 Å². The smallest absolute Gasteiger partial charge is 0.275 e. The van der Waals surface area contributed by atoms with Gasteiger partial charge in [0.2, 0.25) is 0 Å². The highest BCUT2D eigenvalue weighted by atomic mass is 79.9. The van der Waals surface area contributed by atoms with Gasteiger partial charge in [-0.2, -0.15) is 4.31 Å². The Bertz CT molecular complexity index is 1720. The summed E-state index contributed by atoms with van der Waals surface area (Å²) in [6.07, 6.45) is 0. The number of rotatable bonds is 4. The number of anilines is 1. The van der Waals surface area contributed by atoms with Crippen molar-refractivity contribution in [2.75, 3.05) is 4.31 Å². The molecule has 0 unspecified atom stereocenters. The van der Waals surface area contributed by atoms with Crippen LogP contribution in [0.3, 0.4) is 0 Å². The third-order valence-corrected chi connectivity index (χ3v) is 7.93. The Morgan fingerprint density at radius 1 is 0.667 bits per heavy atom. The normalized spacial score (nSPS) is 11.0. The van der Waals surface area contributed by atoms with Gasteiger partial charge in [-0.15, -0.1) is 0 Å². The number of hydrogen-bond acceptors (Lipinski definition) is 3. The maximum Gasteiger partial charge on any atom is 0.275 e. The fourth-order valence-corrected chi connectivity index (χ4v) is 5.52. The molecule has 0 bridgehead atoms. The van der Waals surface area contributed by atoms with E-state index >= 15 is 0 Å². The van der Waals surface area contributed by atoms with Crippen molar-refractivity contribution in [3.63, 3.8) is 0 Å². The van der Waals surface area contributed by atoms with E-state index in [4.69, 9.17) is 0 Å². The van der Waals surface area contributed by atoms with Gasteiger partial charge in [-0.3, -0.25) is 0 Å².